The molecular weight excluding hydrogens is 518 g/mol. The quantitative estimate of drug-likeness (QED) is 0.317. The lowest BCUT2D eigenvalue weighted by Gasteiger charge is -2.41. The van der Waals surface area contributed by atoms with Crippen molar-refractivity contribution in [2.45, 2.75) is 19.0 Å². The van der Waals surface area contributed by atoms with Crippen LogP contribution in [0, 0.1) is 18.3 Å². The maximum atomic E-state index is 9.17. The molecule has 2 aromatic heterocycles. The number of rotatable bonds is 7. The second kappa shape index (κ2) is 11.5. The molecule has 3 heterocycles. The van der Waals surface area contributed by atoms with Crippen molar-refractivity contribution in [3.63, 3.8) is 0 Å². The molecule has 1 N–H and O–H groups in total. The van der Waals surface area contributed by atoms with E-state index in [1.807, 2.05) is 56.1 Å². The van der Waals surface area contributed by atoms with E-state index < -0.39 is 0 Å². The standard InChI is InChI=1S/C35H35N7/c1-5-38-34(32-22-37-23-40(32)4)31-20-28-7-6-14-39-33(28)35(29-13-8-24(2)19-30(29)31)42-17-15-41(16-18-42)25(3)27-11-9-26(21-36)10-12-27/h5-14,19-20,22-23,34-35,38H,1,3,15-18H2,2,4H3/t34?,35-/m0/s1. The average molecular weight is 554 g/mol. The van der Waals surface area contributed by atoms with Crippen LogP contribution in [-0.4, -0.2) is 50.5 Å². The average Bonchev–Trinajstić information content (AvgIpc) is 3.39. The summed E-state index contributed by atoms with van der Waals surface area (Å²) in [4.78, 5) is 14.3. The maximum Gasteiger partial charge on any atom is 0.0991 e. The Bertz CT molecular complexity index is 1700. The van der Waals surface area contributed by atoms with Crippen molar-refractivity contribution in [2.24, 2.45) is 7.05 Å². The van der Waals surface area contributed by atoms with Crippen LogP contribution in [0.15, 0.2) is 92.7 Å². The Kier molecular flexibility index (Phi) is 7.47. The molecule has 2 aliphatic rings. The molecule has 0 spiro atoms. The number of nitriles is 1. The SMILES string of the molecule is C=CNC(C1=Cc2cccnc2[C@@H](N2CCN(C(=C)c3ccc(C#N)cc3)CC2)c2ccc(C)cc21)c1cncn1C. The number of hydrogen-bond acceptors (Lipinski definition) is 6. The fraction of sp³-hybridized carbons (Fsp3) is 0.229. The minimum Gasteiger partial charge on any atom is -0.379 e. The van der Waals surface area contributed by atoms with Gasteiger partial charge in [0.2, 0.25) is 0 Å². The zero-order valence-corrected chi connectivity index (χ0v) is 24.2. The molecule has 42 heavy (non-hydrogen) atoms. The molecule has 4 aromatic rings. The van der Waals surface area contributed by atoms with Crippen LogP contribution in [0.4, 0.5) is 0 Å². The monoisotopic (exact) mass is 553 g/mol. The number of hydrogen-bond donors (Lipinski definition) is 1. The number of piperazine rings is 1. The summed E-state index contributed by atoms with van der Waals surface area (Å²) >= 11 is 0. The molecule has 7 nitrogen and oxygen atoms in total. The van der Waals surface area contributed by atoms with E-state index in [2.05, 4.69) is 81.2 Å². The van der Waals surface area contributed by atoms with Gasteiger partial charge in [-0.1, -0.05) is 55.1 Å². The number of nitrogens with one attached hydrogen (secondary N) is 1. The largest absolute Gasteiger partial charge is 0.379 e. The zero-order chi connectivity index (χ0) is 29.2. The van der Waals surface area contributed by atoms with Crippen LogP contribution in [0.25, 0.3) is 17.3 Å². The van der Waals surface area contributed by atoms with Gasteiger partial charge in [0, 0.05) is 45.1 Å². The third kappa shape index (κ3) is 5.02. The van der Waals surface area contributed by atoms with Crippen LogP contribution < -0.4 is 5.32 Å². The number of fused-ring (bicyclic) bond motifs is 2. The first-order valence-electron chi connectivity index (χ1n) is 14.3. The van der Waals surface area contributed by atoms with Crippen LogP contribution in [0.5, 0.6) is 0 Å². The molecule has 2 aromatic carbocycles. The Balaban J connectivity index is 1.37. The summed E-state index contributed by atoms with van der Waals surface area (Å²) in [5, 5.41) is 12.7. The Morgan fingerprint density at radius 2 is 1.90 bits per heavy atom. The molecule has 0 bridgehead atoms. The molecular formula is C35H35N7. The van der Waals surface area contributed by atoms with E-state index in [-0.39, 0.29) is 12.1 Å². The van der Waals surface area contributed by atoms with Gasteiger partial charge in [0.25, 0.3) is 0 Å². The van der Waals surface area contributed by atoms with Gasteiger partial charge < -0.3 is 14.8 Å². The van der Waals surface area contributed by atoms with Gasteiger partial charge in [-0.05, 0) is 65.2 Å². The van der Waals surface area contributed by atoms with Crippen molar-refractivity contribution < 1.29 is 0 Å². The van der Waals surface area contributed by atoms with Gasteiger partial charge in [0.1, 0.15) is 0 Å². The molecule has 7 heteroatoms. The van der Waals surface area contributed by atoms with E-state index in [0.717, 1.165) is 54.4 Å². The number of imidazole rings is 1. The molecule has 1 fully saturated rings. The van der Waals surface area contributed by atoms with Crippen LogP contribution in [0.1, 0.15) is 56.9 Å². The van der Waals surface area contributed by atoms with Crippen molar-refractivity contribution in [2.75, 3.05) is 26.2 Å². The molecule has 210 valence electrons. The minimum absolute atomic E-state index is 0.00629. The first-order valence-corrected chi connectivity index (χ1v) is 14.3. The van der Waals surface area contributed by atoms with Gasteiger partial charge in [0.05, 0.1) is 47.6 Å². The zero-order valence-electron chi connectivity index (χ0n) is 24.2. The highest BCUT2D eigenvalue weighted by molar-refractivity contribution is 5.89. The van der Waals surface area contributed by atoms with E-state index in [1.54, 1.807) is 6.20 Å². The molecule has 6 rings (SSSR count). The van der Waals surface area contributed by atoms with Crippen molar-refractivity contribution >= 4 is 17.3 Å². The Morgan fingerprint density at radius 3 is 2.60 bits per heavy atom. The van der Waals surface area contributed by atoms with E-state index in [1.165, 1.54) is 22.3 Å². The Labute approximate surface area is 247 Å². The predicted molar refractivity (Wildman–Crippen MR) is 168 cm³/mol. The van der Waals surface area contributed by atoms with E-state index in [4.69, 9.17) is 10.2 Å². The third-order valence-electron chi connectivity index (χ3n) is 8.41. The highest BCUT2D eigenvalue weighted by Gasteiger charge is 2.35. The number of pyridine rings is 1. The summed E-state index contributed by atoms with van der Waals surface area (Å²) in [6, 6.07) is 20.7. The van der Waals surface area contributed by atoms with Crippen molar-refractivity contribution in [3.05, 3.63) is 137 Å². The lowest BCUT2D eigenvalue weighted by Crippen LogP contribution is -2.47. The van der Waals surface area contributed by atoms with Crippen LogP contribution >= 0.6 is 0 Å². The van der Waals surface area contributed by atoms with E-state index >= 15 is 0 Å². The molecule has 0 saturated carbocycles. The Morgan fingerprint density at radius 1 is 1.12 bits per heavy atom. The number of aryl methyl sites for hydroxylation is 2. The lowest BCUT2D eigenvalue weighted by molar-refractivity contribution is 0.143. The minimum atomic E-state index is -0.130. The molecule has 1 aliphatic heterocycles. The fourth-order valence-corrected chi connectivity index (χ4v) is 6.21. The molecule has 0 amide bonds. The Hall–Kier alpha value is -4.93. The summed E-state index contributed by atoms with van der Waals surface area (Å²) in [7, 11) is 2.03. The second-order valence-electron chi connectivity index (χ2n) is 11.0. The first kappa shape index (κ1) is 27.3. The summed E-state index contributed by atoms with van der Waals surface area (Å²) < 4.78 is 2.06. The summed E-state index contributed by atoms with van der Waals surface area (Å²) in [6.45, 7) is 14.0. The van der Waals surface area contributed by atoms with Crippen molar-refractivity contribution in [1.82, 2.24) is 29.7 Å². The lowest BCUT2D eigenvalue weighted by atomic mass is 9.88. The van der Waals surface area contributed by atoms with Gasteiger partial charge in [0.15, 0.2) is 0 Å². The number of nitrogens with zero attached hydrogens (tertiary/aromatic N) is 6. The fourth-order valence-electron chi connectivity index (χ4n) is 6.21. The van der Waals surface area contributed by atoms with E-state index in [0.29, 0.717) is 5.56 Å². The van der Waals surface area contributed by atoms with E-state index in [9.17, 15) is 0 Å². The summed E-state index contributed by atoms with van der Waals surface area (Å²) in [5.41, 5.74) is 10.8. The number of aromatic nitrogens is 3. The highest BCUT2D eigenvalue weighted by Crippen LogP contribution is 2.44. The van der Waals surface area contributed by atoms with Gasteiger partial charge in [-0.2, -0.15) is 5.26 Å². The molecule has 1 unspecified atom stereocenters. The predicted octanol–water partition coefficient (Wildman–Crippen LogP) is 5.70. The number of benzene rings is 2. The van der Waals surface area contributed by atoms with Gasteiger partial charge >= 0.3 is 0 Å². The van der Waals surface area contributed by atoms with Gasteiger partial charge in [-0.3, -0.25) is 9.88 Å². The topological polar surface area (TPSA) is 73.0 Å². The van der Waals surface area contributed by atoms with Gasteiger partial charge in [-0.15, -0.1) is 0 Å². The third-order valence-corrected chi connectivity index (χ3v) is 8.41. The molecule has 2 atom stereocenters. The summed E-state index contributed by atoms with van der Waals surface area (Å²) in [5.74, 6) is 0. The van der Waals surface area contributed by atoms with Crippen molar-refractivity contribution in [3.8, 4) is 6.07 Å². The maximum absolute atomic E-state index is 9.17. The van der Waals surface area contributed by atoms with Crippen LogP contribution in [0.2, 0.25) is 0 Å². The van der Waals surface area contributed by atoms with Crippen molar-refractivity contribution in [1.29, 1.82) is 5.26 Å². The van der Waals surface area contributed by atoms with Crippen LogP contribution in [0.3, 0.4) is 0 Å². The molecule has 1 aliphatic carbocycles. The van der Waals surface area contributed by atoms with Crippen LogP contribution in [-0.2, 0) is 7.05 Å². The first-order chi connectivity index (χ1) is 20.5. The molecule has 0 radical (unpaired) electrons. The highest BCUT2D eigenvalue weighted by atomic mass is 15.3. The normalized spacial score (nSPS) is 17.2. The molecule has 1 saturated heterocycles. The van der Waals surface area contributed by atoms with Gasteiger partial charge in [-0.25, -0.2) is 4.98 Å². The summed E-state index contributed by atoms with van der Waals surface area (Å²) in [6.07, 6.45) is 9.72. The smallest absolute Gasteiger partial charge is 0.0991 e. The second-order valence-corrected chi connectivity index (χ2v) is 11.0.